The van der Waals surface area contributed by atoms with Gasteiger partial charge in [0.25, 0.3) is 0 Å². The van der Waals surface area contributed by atoms with Gasteiger partial charge in [0.1, 0.15) is 12.4 Å². The first-order valence-corrected chi connectivity index (χ1v) is 8.32. The van der Waals surface area contributed by atoms with Crippen LogP contribution in [-0.2, 0) is 19.5 Å². The van der Waals surface area contributed by atoms with Crippen molar-refractivity contribution < 1.29 is 0 Å². The zero-order chi connectivity index (χ0) is 15.6. The second-order valence-electron chi connectivity index (χ2n) is 6.19. The monoisotopic (exact) mass is 307 g/mol. The van der Waals surface area contributed by atoms with E-state index in [2.05, 4.69) is 50.2 Å². The van der Waals surface area contributed by atoms with Crippen molar-refractivity contribution in [2.24, 2.45) is 0 Å². The van der Waals surface area contributed by atoms with Gasteiger partial charge in [-0.05, 0) is 31.4 Å². The summed E-state index contributed by atoms with van der Waals surface area (Å²) < 4.78 is 4.34. The van der Waals surface area contributed by atoms with Gasteiger partial charge < -0.3 is 4.57 Å². The number of nitrogens with zero attached hydrogens (tertiary/aromatic N) is 5. The number of benzene rings is 1. The van der Waals surface area contributed by atoms with Crippen LogP contribution in [0.2, 0.25) is 0 Å². The van der Waals surface area contributed by atoms with Crippen LogP contribution >= 0.6 is 0 Å². The molecular weight excluding hydrogens is 286 g/mol. The molecule has 0 atom stereocenters. The fourth-order valence-corrected chi connectivity index (χ4v) is 3.30. The van der Waals surface area contributed by atoms with Crippen LogP contribution in [0, 0.1) is 6.92 Å². The van der Waals surface area contributed by atoms with Crippen molar-refractivity contribution in [1.82, 2.24) is 24.5 Å². The minimum Gasteiger partial charge on any atom is -0.313 e. The minimum atomic E-state index is 0.672. The molecule has 0 amide bonds. The van der Waals surface area contributed by atoms with Gasteiger partial charge in [-0.1, -0.05) is 36.8 Å². The molecule has 0 bridgehead atoms. The second kappa shape index (κ2) is 5.99. The standard InChI is InChI=1S/C18H21N5/c1-14-12-16(15-8-4-2-5-9-15)23(21-14)13-18-20-19-17-10-6-3-7-11-22(17)18/h2,4-5,8-9,12H,3,6-7,10-11,13H2,1H3. The minimum absolute atomic E-state index is 0.672. The van der Waals surface area contributed by atoms with Crippen molar-refractivity contribution in [3.63, 3.8) is 0 Å². The molecule has 2 aromatic heterocycles. The fraction of sp³-hybridized carbons (Fsp3) is 0.389. The van der Waals surface area contributed by atoms with E-state index in [1.54, 1.807) is 0 Å². The lowest BCUT2D eigenvalue weighted by Gasteiger charge is -2.10. The van der Waals surface area contributed by atoms with E-state index in [9.17, 15) is 0 Å². The summed E-state index contributed by atoms with van der Waals surface area (Å²) in [5.74, 6) is 2.14. The lowest BCUT2D eigenvalue weighted by atomic mass is 10.1. The summed E-state index contributed by atoms with van der Waals surface area (Å²) in [6.07, 6.45) is 4.74. The van der Waals surface area contributed by atoms with Crippen molar-refractivity contribution in [3.05, 3.63) is 53.7 Å². The van der Waals surface area contributed by atoms with Gasteiger partial charge in [0.05, 0.1) is 11.4 Å². The summed E-state index contributed by atoms with van der Waals surface area (Å²) in [6.45, 7) is 3.73. The predicted octanol–water partition coefficient (Wildman–Crippen LogP) is 3.22. The molecule has 0 saturated carbocycles. The zero-order valence-electron chi connectivity index (χ0n) is 13.4. The molecule has 1 aromatic carbocycles. The van der Waals surface area contributed by atoms with E-state index in [1.807, 2.05) is 17.7 Å². The molecule has 1 aliphatic heterocycles. The van der Waals surface area contributed by atoms with Gasteiger partial charge in [0.15, 0.2) is 5.82 Å². The number of fused-ring (bicyclic) bond motifs is 1. The normalized spacial score (nSPS) is 14.5. The molecule has 0 saturated heterocycles. The van der Waals surface area contributed by atoms with Crippen LogP contribution in [0.3, 0.4) is 0 Å². The molecule has 0 N–H and O–H groups in total. The Hall–Kier alpha value is -2.43. The summed E-state index contributed by atoms with van der Waals surface area (Å²) in [5, 5.41) is 13.5. The Morgan fingerprint density at radius 1 is 1.04 bits per heavy atom. The van der Waals surface area contributed by atoms with Crippen molar-refractivity contribution in [1.29, 1.82) is 0 Å². The lowest BCUT2D eigenvalue weighted by Crippen LogP contribution is -2.12. The van der Waals surface area contributed by atoms with Gasteiger partial charge in [-0.25, -0.2) is 0 Å². The molecule has 0 fully saturated rings. The average molecular weight is 307 g/mol. The van der Waals surface area contributed by atoms with Crippen LogP contribution < -0.4 is 0 Å². The van der Waals surface area contributed by atoms with E-state index in [-0.39, 0.29) is 0 Å². The second-order valence-corrected chi connectivity index (χ2v) is 6.19. The Balaban J connectivity index is 1.69. The molecule has 3 heterocycles. The summed E-state index contributed by atoms with van der Waals surface area (Å²) in [6, 6.07) is 12.5. The van der Waals surface area contributed by atoms with Gasteiger partial charge in [-0.15, -0.1) is 10.2 Å². The topological polar surface area (TPSA) is 48.5 Å². The van der Waals surface area contributed by atoms with Gasteiger partial charge in [-0.3, -0.25) is 4.68 Å². The van der Waals surface area contributed by atoms with Crippen LogP contribution in [-0.4, -0.2) is 24.5 Å². The average Bonchev–Trinajstić information content (AvgIpc) is 3.03. The number of aryl methyl sites for hydroxylation is 2. The summed E-state index contributed by atoms with van der Waals surface area (Å²) in [5.41, 5.74) is 3.34. The van der Waals surface area contributed by atoms with Crippen LogP contribution in [0.4, 0.5) is 0 Å². The van der Waals surface area contributed by atoms with Crippen molar-refractivity contribution in [2.45, 2.75) is 45.7 Å². The maximum absolute atomic E-state index is 4.67. The van der Waals surface area contributed by atoms with Crippen LogP contribution in [0.15, 0.2) is 36.4 Å². The van der Waals surface area contributed by atoms with Gasteiger partial charge in [0, 0.05) is 13.0 Å². The highest BCUT2D eigenvalue weighted by atomic mass is 15.3. The van der Waals surface area contributed by atoms with Crippen molar-refractivity contribution >= 4 is 0 Å². The van der Waals surface area contributed by atoms with Crippen LogP contribution in [0.1, 0.15) is 36.6 Å². The van der Waals surface area contributed by atoms with Crippen molar-refractivity contribution in [3.8, 4) is 11.3 Å². The molecule has 0 unspecified atom stereocenters. The lowest BCUT2D eigenvalue weighted by molar-refractivity contribution is 0.569. The number of aromatic nitrogens is 5. The molecule has 0 radical (unpaired) electrons. The molecule has 3 aromatic rings. The Bertz CT molecular complexity index is 800. The maximum atomic E-state index is 4.67. The van der Waals surface area contributed by atoms with E-state index in [0.29, 0.717) is 6.54 Å². The first kappa shape index (κ1) is 14.2. The Labute approximate surface area is 136 Å². The van der Waals surface area contributed by atoms with E-state index in [1.165, 1.54) is 24.8 Å². The highest BCUT2D eigenvalue weighted by molar-refractivity contribution is 5.59. The highest BCUT2D eigenvalue weighted by Gasteiger charge is 2.17. The molecule has 5 nitrogen and oxygen atoms in total. The predicted molar refractivity (Wildman–Crippen MR) is 89.1 cm³/mol. The van der Waals surface area contributed by atoms with E-state index in [0.717, 1.165) is 36.0 Å². The Kier molecular flexibility index (Phi) is 3.69. The van der Waals surface area contributed by atoms with Gasteiger partial charge in [-0.2, -0.15) is 5.10 Å². The van der Waals surface area contributed by atoms with Crippen LogP contribution in [0.5, 0.6) is 0 Å². The largest absolute Gasteiger partial charge is 0.313 e. The van der Waals surface area contributed by atoms with E-state index < -0.39 is 0 Å². The molecule has 118 valence electrons. The molecular formula is C18H21N5. The number of hydrogen-bond acceptors (Lipinski definition) is 3. The number of hydrogen-bond donors (Lipinski definition) is 0. The third-order valence-corrected chi connectivity index (χ3v) is 4.45. The first-order chi connectivity index (χ1) is 11.3. The zero-order valence-corrected chi connectivity index (χ0v) is 13.4. The Morgan fingerprint density at radius 3 is 2.78 bits per heavy atom. The van der Waals surface area contributed by atoms with E-state index >= 15 is 0 Å². The quantitative estimate of drug-likeness (QED) is 0.746. The van der Waals surface area contributed by atoms with Crippen LogP contribution in [0.25, 0.3) is 11.3 Å². The maximum Gasteiger partial charge on any atom is 0.154 e. The van der Waals surface area contributed by atoms with Gasteiger partial charge in [0.2, 0.25) is 0 Å². The fourth-order valence-electron chi connectivity index (χ4n) is 3.30. The molecule has 23 heavy (non-hydrogen) atoms. The SMILES string of the molecule is Cc1cc(-c2ccccc2)n(Cc2nnc3n2CCCCC3)n1. The Morgan fingerprint density at radius 2 is 1.91 bits per heavy atom. The van der Waals surface area contributed by atoms with Gasteiger partial charge >= 0.3 is 0 Å². The smallest absolute Gasteiger partial charge is 0.154 e. The van der Waals surface area contributed by atoms with E-state index in [4.69, 9.17) is 0 Å². The molecule has 4 rings (SSSR count). The summed E-state index contributed by atoms with van der Waals surface area (Å²) in [4.78, 5) is 0. The first-order valence-electron chi connectivity index (χ1n) is 8.32. The highest BCUT2D eigenvalue weighted by Crippen LogP contribution is 2.22. The summed E-state index contributed by atoms with van der Waals surface area (Å²) in [7, 11) is 0. The summed E-state index contributed by atoms with van der Waals surface area (Å²) >= 11 is 0. The number of rotatable bonds is 3. The van der Waals surface area contributed by atoms with Crippen molar-refractivity contribution in [2.75, 3.05) is 0 Å². The molecule has 0 aliphatic carbocycles. The third-order valence-electron chi connectivity index (χ3n) is 4.45. The molecule has 0 spiro atoms. The third kappa shape index (κ3) is 2.79. The molecule has 5 heteroatoms. The molecule has 1 aliphatic rings.